The number of rotatable bonds is 2. The van der Waals surface area contributed by atoms with Crippen LogP contribution in [0.3, 0.4) is 0 Å². The highest BCUT2D eigenvalue weighted by Crippen LogP contribution is 2.30. The minimum absolute atomic E-state index is 0.168. The number of hydrogen-bond donors (Lipinski definition) is 0. The zero-order valence-corrected chi connectivity index (χ0v) is 12.2. The van der Waals surface area contributed by atoms with Crippen LogP contribution < -0.4 is 0 Å². The number of carbonyl (C=O) groups excluding carboxylic acids is 1. The van der Waals surface area contributed by atoms with Crippen LogP contribution in [0, 0.1) is 0 Å². The summed E-state index contributed by atoms with van der Waals surface area (Å²) in [6.45, 7) is 0. The quantitative estimate of drug-likeness (QED) is 0.657. The Bertz CT molecular complexity index is 650. The van der Waals surface area contributed by atoms with Crippen molar-refractivity contribution < 1.29 is 18.0 Å². The van der Waals surface area contributed by atoms with Gasteiger partial charge < -0.3 is 0 Å². The maximum absolute atomic E-state index is 12.5. The Balaban J connectivity index is 2.37. The zero-order valence-electron chi connectivity index (χ0n) is 9.84. The van der Waals surface area contributed by atoms with E-state index in [1.54, 1.807) is 12.1 Å². The molecule has 0 amide bonds. The fraction of sp³-hybridized carbons (Fsp3) is 0.0714. The van der Waals surface area contributed by atoms with Crippen LogP contribution in [0.2, 0.25) is 5.02 Å². The molecule has 6 heteroatoms. The summed E-state index contributed by atoms with van der Waals surface area (Å²) in [4.78, 5) is 12.2. The summed E-state index contributed by atoms with van der Waals surface area (Å²) < 4.78 is 37.9. The highest BCUT2D eigenvalue weighted by atomic mass is 79.9. The molecular weight excluding hydrogens is 357 g/mol. The van der Waals surface area contributed by atoms with Gasteiger partial charge in [-0.2, -0.15) is 13.2 Å². The summed E-state index contributed by atoms with van der Waals surface area (Å²) in [6.07, 6.45) is -4.42. The fourth-order valence-corrected chi connectivity index (χ4v) is 2.24. The summed E-state index contributed by atoms with van der Waals surface area (Å²) in [5.41, 5.74) is -0.322. The standard InChI is InChI=1S/C14H7BrClF3O/c15-12-6-5-10(16)7-11(12)13(20)8-1-3-9(4-2-8)14(17,18)19/h1-7H. The molecule has 0 heterocycles. The van der Waals surface area contributed by atoms with Gasteiger partial charge in [-0.05, 0) is 30.3 Å². The molecule has 0 atom stereocenters. The SMILES string of the molecule is O=C(c1ccc(C(F)(F)F)cc1)c1cc(Cl)ccc1Br. The molecule has 104 valence electrons. The van der Waals surface area contributed by atoms with Gasteiger partial charge in [0.15, 0.2) is 5.78 Å². The Morgan fingerprint density at radius 2 is 1.65 bits per heavy atom. The molecule has 20 heavy (non-hydrogen) atoms. The highest BCUT2D eigenvalue weighted by Gasteiger charge is 2.30. The number of hydrogen-bond acceptors (Lipinski definition) is 1. The van der Waals surface area contributed by atoms with Crippen molar-refractivity contribution in [2.75, 3.05) is 0 Å². The molecule has 0 aliphatic carbocycles. The van der Waals surface area contributed by atoms with Gasteiger partial charge in [0.2, 0.25) is 0 Å². The van der Waals surface area contributed by atoms with Crippen molar-refractivity contribution in [2.45, 2.75) is 6.18 Å². The van der Waals surface area contributed by atoms with Gasteiger partial charge in [-0.25, -0.2) is 0 Å². The van der Waals surface area contributed by atoms with Gasteiger partial charge in [0.05, 0.1) is 5.56 Å². The number of benzene rings is 2. The third-order valence-corrected chi connectivity index (χ3v) is 3.57. The molecule has 0 spiro atoms. The van der Waals surface area contributed by atoms with Crippen LogP contribution in [0.1, 0.15) is 21.5 Å². The van der Waals surface area contributed by atoms with E-state index in [-0.39, 0.29) is 5.56 Å². The first-order chi connectivity index (χ1) is 9.29. The van der Waals surface area contributed by atoms with Crippen LogP contribution in [0.5, 0.6) is 0 Å². The third kappa shape index (κ3) is 3.22. The van der Waals surface area contributed by atoms with E-state index in [0.717, 1.165) is 24.3 Å². The summed E-state index contributed by atoms with van der Waals surface area (Å²) in [5.74, 6) is -0.395. The van der Waals surface area contributed by atoms with Gasteiger partial charge in [-0.1, -0.05) is 39.7 Å². The molecule has 2 aromatic carbocycles. The highest BCUT2D eigenvalue weighted by molar-refractivity contribution is 9.10. The normalized spacial score (nSPS) is 11.4. The molecule has 0 saturated carbocycles. The molecule has 0 aromatic heterocycles. The maximum atomic E-state index is 12.5. The Labute approximate surface area is 126 Å². The van der Waals surface area contributed by atoms with Crippen LogP contribution in [0.4, 0.5) is 13.2 Å². The summed E-state index contributed by atoms with van der Waals surface area (Å²) in [5, 5.41) is 0.378. The van der Waals surface area contributed by atoms with Crippen LogP contribution >= 0.6 is 27.5 Å². The minimum atomic E-state index is -4.42. The average Bonchev–Trinajstić information content (AvgIpc) is 2.40. The van der Waals surface area contributed by atoms with E-state index in [0.29, 0.717) is 15.1 Å². The van der Waals surface area contributed by atoms with E-state index < -0.39 is 17.5 Å². The molecule has 0 saturated heterocycles. The second-order valence-corrected chi connectivity index (χ2v) is 5.32. The summed E-state index contributed by atoms with van der Waals surface area (Å²) in [7, 11) is 0. The molecule has 2 aromatic rings. The fourth-order valence-electron chi connectivity index (χ4n) is 1.64. The van der Waals surface area contributed by atoms with Gasteiger partial charge >= 0.3 is 6.18 Å². The van der Waals surface area contributed by atoms with Crippen LogP contribution in [0.15, 0.2) is 46.9 Å². The molecule has 0 unspecified atom stereocenters. The van der Waals surface area contributed by atoms with E-state index in [1.807, 2.05) is 0 Å². The lowest BCUT2D eigenvalue weighted by Gasteiger charge is -2.08. The van der Waals surface area contributed by atoms with E-state index >= 15 is 0 Å². The lowest BCUT2D eigenvalue weighted by atomic mass is 10.0. The summed E-state index contributed by atoms with van der Waals surface area (Å²) in [6, 6.07) is 8.74. The number of ketones is 1. The van der Waals surface area contributed by atoms with E-state index in [1.165, 1.54) is 6.07 Å². The molecule has 0 aliphatic heterocycles. The topological polar surface area (TPSA) is 17.1 Å². The average molecular weight is 364 g/mol. The van der Waals surface area contributed by atoms with Gasteiger partial charge in [0, 0.05) is 20.6 Å². The number of alkyl halides is 3. The Hall–Kier alpha value is -1.33. The molecule has 0 bridgehead atoms. The smallest absolute Gasteiger partial charge is 0.289 e. The molecule has 0 N–H and O–H groups in total. The Kier molecular flexibility index (Phi) is 4.20. The van der Waals surface area contributed by atoms with Crippen molar-refractivity contribution >= 4 is 33.3 Å². The van der Waals surface area contributed by atoms with Crippen molar-refractivity contribution in [3.63, 3.8) is 0 Å². The largest absolute Gasteiger partial charge is 0.416 e. The molecule has 2 rings (SSSR count). The molecular formula is C14H7BrClF3O. The number of carbonyl (C=O) groups is 1. The van der Waals surface area contributed by atoms with Gasteiger partial charge in [0.1, 0.15) is 0 Å². The van der Waals surface area contributed by atoms with Crippen LogP contribution in [-0.2, 0) is 6.18 Å². The molecule has 0 radical (unpaired) electrons. The van der Waals surface area contributed by atoms with E-state index in [2.05, 4.69) is 15.9 Å². The van der Waals surface area contributed by atoms with Crippen molar-refractivity contribution in [2.24, 2.45) is 0 Å². The van der Waals surface area contributed by atoms with Crippen molar-refractivity contribution in [3.05, 3.63) is 68.7 Å². The van der Waals surface area contributed by atoms with Gasteiger partial charge in [-0.15, -0.1) is 0 Å². The zero-order chi connectivity index (χ0) is 14.9. The molecule has 1 nitrogen and oxygen atoms in total. The van der Waals surface area contributed by atoms with E-state index in [9.17, 15) is 18.0 Å². The molecule has 0 aliphatic rings. The van der Waals surface area contributed by atoms with Crippen molar-refractivity contribution in [1.29, 1.82) is 0 Å². The third-order valence-electron chi connectivity index (χ3n) is 2.65. The first kappa shape index (κ1) is 15.1. The first-order valence-electron chi connectivity index (χ1n) is 5.46. The Morgan fingerprint density at radius 3 is 2.20 bits per heavy atom. The van der Waals surface area contributed by atoms with Gasteiger partial charge in [-0.3, -0.25) is 4.79 Å². The van der Waals surface area contributed by atoms with E-state index in [4.69, 9.17) is 11.6 Å². The lowest BCUT2D eigenvalue weighted by Crippen LogP contribution is -2.07. The monoisotopic (exact) mass is 362 g/mol. The van der Waals surface area contributed by atoms with Crippen LogP contribution in [-0.4, -0.2) is 5.78 Å². The predicted molar refractivity (Wildman–Crippen MR) is 74.0 cm³/mol. The maximum Gasteiger partial charge on any atom is 0.416 e. The molecule has 0 fully saturated rings. The minimum Gasteiger partial charge on any atom is -0.289 e. The first-order valence-corrected chi connectivity index (χ1v) is 6.63. The second-order valence-electron chi connectivity index (χ2n) is 4.03. The predicted octanol–water partition coefficient (Wildman–Crippen LogP) is 5.35. The van der Waals surface area contributed by atoms with Crippen LogP contribution in [0.25, 0.3) is 0 Å². The summed E-state index contributed by atoms with van der Waals surface area (Å²) >= 11 is 9.03. The lowest BCUT2D eigenvalue weighted by molar-refractivity contribution is -0.137. The Morgan fingerprint density at radius 1 is 1.05 bits per heavy atom. The number of halogens is 5. The van der Waals surface area contributed by atoms with Crippen molar-refractivity contribution in [3.8, 4) is 0 Å². The van der Waals surface area contributed by atoms with Crippen molar-refractivity contribution in [1.82, 2.24) is 0 Å². The van der Waals surface area contributed by atoms with Gasteiger partial charge in [0.25, 0.3) is 0 Å². The second kappa shape index (κ2) is 5.58.